The highest BCUT2D eigenvalue weighted by molar-refractivity contribution is 5.82. The Bertz CT molecular complexity index is 912. The van der Waals surface area contributed by atoms with Crippen LogP contribution in [0.5, 0.6) is 5.75 Å². The molecule has 5 heteroatoms. The Kier molecular flexibility index (Phi) is 5.11. The quantitative estimate of drug-likeness (QED) is 0.762. The fourth-order valence-electron chi connectivity index (χ4n) is 4.58. The smallest absolute Gasteiger partial charge is 0.154 e. The molecule has 1 aromatic carbocycles. The number of rotatable bonds is 6. The van der Waals surface area contributed by atoms with Crippen molar-refractivity contribution in [2.24, 2.45) is 5.92 Å². The Morgan fingerprint density at radius 3 is 2.89 bits per heavy atom. The molecule has 2 aliphatic rings. The molecular formula is C23H29N3O2. The summed E-state index contributed by atoms with van der Waals surface area (Å²) in [4.78, 5) is 13.8. The van der Waals surface area contributed by atoms with E-state index in [1.165, 1.54) is 16.8 Å². The lowest BCUT2D eigenvalue weighted by atomic mass is 9.91. The fraction of sp³-hybridized carbons (Fsp3) is 0.478. The molecule has 1 saturated carbocycles. The summed E-state index contributed by atoms with van der Waals surface area (Å²) in [6.07, 6.45) is 5.92. The minimum atomic E-state index is 0.0955. The summed E-state index contributed by atoms with van der Waals surface area (Å²) >= 11 is 0. The molecule has 1 aromatic heterocycles. The lowest BCUT2D eigenvalue weighted by molar-refractivity contribution is 0.112. The second-order valence-corrected chi connectivity index (χ2v) is 8.53. The molecule has 1 N–H and O–H groups in total. The number of likely N-dealkylation sites (N-methyl/N-ethyl adjacent to an activating group) is 1. The van der Waals surface area contributed by atoms with Crippen molar-refractivity contribution >= 4 is 11.9 Å². The maximum Gasteiger partial charge on any atom is 0.154 e. The van der Waals surface area contributed by atoms with Gasteiger partial charge in [0.15, 0.2) is 6.29 Å². The summed E-state index contributed by atoms with van der Waals surface area (Å²) in [7, 11) is 2.18. The maximum atomic E-state index is 11.4. The molecule has 2 atom stereocenters. The molecule has 1 fully saturated rings. The van der Waals surface area contributed by atoms with Gasteiger partial charge in [0.1, 0.15) is 5.75 Å². The third-order valence-electron chi connectivity index (χ3n) is 6.18. The van der Waals surface area contributed by atoms with E-state index in [1.54, 1.807) is 6.07 Å². The van der Waals surface area contributed by atoms with Gasteiger partial charge in [-0.25, -0.2) is 0 Å². The van der Waals surface area contributed by atoms with Crippen molar-refractivity contribution in [2.45, 2.75) is 45.1 Å². The Morgan fingerprint density at radius 2 is 2.14 bits per heavy atom. The van der Waals surface area contributed by atoms with Gasteiger partial charge in [-0.2, -0.15) is 5.10 Å². The molecule has 28 heavy (non-hydrogen) atoms. The lowest BCUT2D eigenvalue weighted by Gasteiger charge is -2.29. The van der Waals surface area contributed by atoms with Gasteiger partial charge in [0.25, 0.3) is 0 Å². The van der Waals surface area contributed by atoms with E-state index in [-0.39, 0.29) is 5.75 Å². The lowest BCUT2D eigenvalue weighted by Crippen LogP contribution is -2.28. The molecule has 2 heterocycles. The number of benzene rings is 1. The largest absolute Gasteiger partial charge is 0.507 e. The number of carbonyl (C=O) groups excluding carboxylic acids is 1. The van der Waals surface area contributed by atoms with Crippen molar-refractivity contribution in [1.29, 1.82) is 0 Å². The predicted molar refractivity (Wildman–Crippen MR) is 111 cm³/mol. The molecule has 0 spiro atoms. The molecular weight excluding hydrogens is 350 g/mol. The number of phenols is 1. The summed E-state index contributed by atoms with van der Waals surface area (Å²) in [5, 5.41) is 14.5. The van der Waals surface area contributed by atoms with Crippen LogP contribution in [0.2, 0.25) is 0 Å². The molecule has 0 radical (unpaired) electrons. The standard InChI is InChI=1S/C23H29N3O2/c1-15(2)26-22(7-9-24-26)20-13-25(3)10-8-16(20)11-17-12-19(17)18-5-4-6-23(28)21(18)14-27/h4-7,9,14-15,17,19,28H,8,10-13H2,1-3H3. The SMILES string of the molecule is CC(C)n1nccc1C1=C(CC2CC2c2cccc(O)c2C=O)CCN(C)C1. The predicted octanol–water partition coefficient (Wildman–Crippen LogP) is 4.27. The number of aldehydes is 1. The Morgan fingerprint density at radius 1 is 1.32 bits per heavy atom. The minimum Gasteiger partial charge on any atom is -0.507 e. The summed E-state index contributed by atoms with van der Waals surface area (Å²) < 4.78 is 2.12. The number of hydrogen-bond acceptors (Lipinski definition) is 4. The number of hydrogen-bond donors (Lipinski definition) is 1. The highest BCUT2D eigenvalue weighted by Gasteiger charge is 2.41. The molecule has 0 bridgehead atoms. The summed E-state index contributed by atoms with van der Waals surface area (Å²) in [5.74, 6) is 1.01. The van der Waals surface area contributed by atoms with Crippen LogP contribution in [0.3, 0.4) is 0 Å². The van der Waals surface area contributed by atoms with Crippen molar-refractivity contribution in [3.63, 3.8) is 0 Å². The third kappa shape index (κ3) is 3.51. The van der Waals surface area contributed by atoms with Gasteiger partial charge in [-0.05, 0) is 75.3 Å². The Labute approximate surface area is 166 Å². The maximum absolute atomic E-state index is 11.4. The summed E-state index contributed by atoms with van der Waals surface area (Å²) in [6, 6.07) is 7.90. The first kappa shape index (κ1) is 18.9. The second-order valence-electron chi connectivity index (χ2n) is 8.53. The van der Waals surface area contributed by atoms with Gasteiger partial charge in [-0.1, -0.05) is 17.7 Å². The van der Waals surface area contributed by atoms with Crippen molar-refractivity contribution < 1.29 is 9.90 Å². The van der Waals surface area contributed by atoms with Gasteiger partial charge >= 0.3 is 0 Å². The van der Waals surface area contributed by atoms with E-state index in [0.717, 1.165) is 44.2 Å². The van der Waals surface area contributed by atoms with Crippen LogP contribution in [0.15, 0.2) is 36.0 Å². The van der Waals surface area contributed by atoms with E-state index in [9.17, 15) is 9.90 Å². The molecule has 1 aliphatic heterocycles. The number of aromatic nitrogens is 2. The van der Waals surface area contributed by atoms with Crippen LogP contribution in [0, 0.1) is 5.92 Å². The Hall–Kier alpha value is -2.40. The number of carbonyl (C=O) groups is 1. The highest BCUT2D eigenvalue weighted by atomic mass is 16.3. The van der Waals surface area contributed by atoms with Gasteiger partial charge in [0.05, 0.1) is 11.3 Å². The monoisotopic (exact) mass is 379 g/mol. The first-order chi connectivity index (χ1) is 13.5. The fourth-order valence-corrected chi connectivity index (χ4v) is 4.58. The molecule has 2 unspecified atom stereocenters. The van der Waals surface area contributed by atoms with Gasteiger partial charge in [0.2, 0.25) is 0 Å². The summed E-state index contributed by atoms with van der Waals surface area (Å²) in [6.45, 7) is 6.38. The van der Waals surface area contributed by atoms with Crippen molar-refractivity contribution in [2.75, 3.05) is 20.1 Å². The number of phenolic OH excluding ortho intramolecular Hbond substituents is 1. The molecule has 4 rings (SSSR count). The minimum absolute atomic E-state index is 0.0955. The van der Waals surface area contributed by atoms with Gasteiger partial charge in [-0.3, -0.25) is 9.48 Å². The molecule has 148 valence electrons. The average Bonchev–Trinajstić information content (AvgIpc) is 3.24. The average molecular weight is 380 g/mol. The normalized spacial score (nSPS) is 22.7. The van der Waals surface area contributed by atoms with Crippen molar-refractivity contribution in [3.8, 4) is 5.75 Å². The zero-order chi connectivity index (χ0) is 19.8. The number of nitrogens with zero attached hydrogens (tertiary/aromatic N) is 3. The van der Waals surface area contributed by atoms with E-state index in [0.29, 0.717) is 23.4 Å². The van der Waals surface area contributed by atoms with E-state index in [2.05, 4.69) is 41.6 Å². The zero-order valence-corrected chi connectivity index (χ0v) is 16.9. The van der Waals surface area contributed by atoms with Crippen LogP contribution in [0.1, 0.15) is 66.7 Å². The van der Waals surface area contributed by atoms with Crippen LogP contribution < -0.4 is 0 Å². The second kappa shape index (κ2) is 7.55. The molecule has 1 aliphatic carbocycles. The third-order valence-corrected chi connectivity index (χ3v) is 6.18. The van der Waals surface area contributed by atoms with E-state index in [4.69, 9.17) is 0 Å². The van der Waals surface area contributed by atoms with Crippen molar-refractivity contribution in [1.82, 2.24) is 14.7 Å². The first-order valence-corrected chi connectivity index (χ1v) is 10.2. The van der Waals surface area contributed by atoms with E-state index >= 15 is 0 Å². The van der Waals surface area contributed by atoms with E-state index in [1.807, 2.05) is 18.3 Å². The van der Waals surface area contributed by atoms with E-state index < -0.39 is 0 Å². The van der Waals surface area contributed by atoms with Crippen LogP contribution in [0.25, 0.3) is 5.57 Å². The van der Waals surface area contributed by atoms with Crippen LogP contribution in [-0.2, 0) is 0 Å². The molecule has 0 amide bonds. The van der Waals surface area contributed by atoms with Crippen LogP contribution in [0.4, 0.5) is 0 Å². The van der Waals surface area contributed by atoms with Gasteiger partial charge in [0, 0.05) is 25.3 Å². The first-order valence-electron chi connectivity index (χ1n) is 10.2. The number of aromatic hydroxyl groups is 1. The van der Waals surface area contributed by atoms with Crippen LogP contribution >= 0.6 is 0 Å². The summed E-state index contributed by atoms with van der Waals surface area (Å²) in [5.41, 5.74) is 5.64. The van der Waals surface area contributed by atoms with Crippen LogP contribution in [-0.4, -0.2) is 46.2 Å². The molecule has 2 aromatic rings. The topological polar surface area (TPSA) is 58.4 Å². The van der Waals surface area contributed by atoms with Gasteiger partial charge < -0.3 is 10.0 Å². The highest BCUT2D eigenvalue weighted by Crippen LogP contribution is 2.53. The Balaban J connectivity index is 1.60. The van der Waals surface area contributed by atoms with Gasteiger partial charge in [-0.15, -0.1) is 0 Å². The zero-order valence-electron chi connectivity index (χ0n) is 16.9. The van der Waals surface area contributed by atoms with Crippen molar-refractivity contribution in [3.05, 3.63) is 52.9 Å². The molecule has 0 saturated heterocycles. The molecule has 5 nitrogen and oxygen atoms in total.